The number of ether oxygens (including phenoxy) is 1. The molecule has 0 spiro atoms. The summed E-state index contributed by atoms with van der Waals surface area (Å²) >= 11 is 0. The van der Waals surface area contributed by atoms with E-state index in [-0.39, 0.29) is 6.10 Å². The van der Waals surface area contributed by atoms with E-state index in [9.17, 15) is 0 Å². The van der Waals surface area contributed by atoms with Crippen LogP contribution in [0, 0.1) is 6.92 Å². The summed E-state index contributed by atoms with van der Waals surface area (Å²) in [5.41, 5.74) is 11.6. The van der Waals surface area contributed by atoms with Gasteiger partial charge in [-0.05, 0) is 60.4 Å². The van der Waals surface area contributed by atoms with Crippen LogP contribution in [0.5, 0.6) is 5.75 Å². The minimum absolute atomic E-state index is 0.290. The molecule has 2 N–H and O–H groups in total. The predicted octanol–water partition coefficient (Wildman–Crippen LogP) is 3.57. The number of hydrogen-bond donors (Lipinski definition) is 1. The lowest BCUT2D eigenvalue weighted by atomic mass is 9.99. The predicted molar refractivity (Wildman–Crippen MR) is 74.8 cm³/mol. The summed E-state index contributed by atoms with van der Waals surface area (Å²) in [4.78, 5) is 0. The Kier molecular flexibility index (Phi) is 2.51. The van der Waals surface area contributed by atoms with Gasteiger partial charge < -0.3 is 10.5 Å². The molecule has 92 valence electrons. The van der Waals surface area contributed by atoms with Crippen LogP contribution in [-0.4, -0.2) is 6.10 Å². The van der Waals surface area contributed by atoms with Crippen LogP contribution < -0.4 is 10.5 Å². The van der Waals surface area contributed by atoms with Crippen molar-refractivity contribution < 1.29 is 4.74 Å². The van der Waals surface area contributed by atoms with Crippen molar-refractivity contribution in [1.29, 1.82) is 0 Å². The molecule has 0 aromatic heterocycles. The van der Waals surface area contributed by atoms with E-state index >= 15 is 0 Å². The summed E-state index contributed by atoms with van der Waals surface area (Å²) in [7, 11) is 0. The maximum atomic E-state index is 5.91. The fourth-order valence-electron chi connectivity index (χ4n) is 2.58. The number of nitrogen functional groups attached to an aromatic ring is 1. The molecular weight excluding hydrogens is 222 g/mol. The van der Waals surface area contributed by atoms with E-state index in [1.807, 2.05) is 12.1 Å². The highest BCUT2D eigenvalue weighted by Gasteiger charge is 2.19. The standard InChI is InChI=1S/C16H17NO/c1-10-5-13(9-15(17)6-10)12-3-4-16-14(8-12)7-11(2)18-16/h3-6,8-9,11H,7,17H2,1-2H3. The third-order valence-corrected chi connectivity index (χ3v) is 3.33. The van der Waals surface area contributed by atoms with Crippen molar-refractivity contribution in [2.24, 2.45) is 0 Å². The number of anilines is 1. The second-order valence-corrected chi connectivity index (χ2v) is 5.09. The van der Waals surface area contributed by atoms with Crippen molar-refractivity contribution in [2.45, 2.75) is 26.4 Å². The molecule has 1 aliphatic rings. The monoisotopic (exact) mass is 239 g/mol. The van der Waals surface area contributed by atoms with Crippen LogP contribution >= 0.6 is 0 Å². The molecule has 0 amide bonds. The first-order valence-corrected chi connectivity index (χ1v) is 6.29. The van der Waals surface area contributed by atoms with Gasteiger partial charge in [0.1, 0.15) is 11.9 Å². The quantitative estimate of drug-likeness (QED) is 0.772. The summed E-state index contributed by atoms with van der Waals surface area (Å²) in [6.45, 7) is 4.17. The Morgan fingerprint density at radius 2 is 1.94 bits per heavy atom. The zero-order valence-corrected chi connectivity index (χ0v) is 10.7. The normalized spacial score (nSPS) is 17.3. The van der Waals surface area contributed by atoms with Crippen LogP contribution in [0.4, 0.5) is 5.69 Å². The Balaban J connectivity index is 2.05. The molecule has 0 saturated carbocycles. The summed E-state index contributed by atoms with van der Waals surface area (Å²) < 4.78 is 5.72. The Bertz CT molecular complexity index is 584. The Labute approximate surface area is 107 Å². The van der Waals surface area contributed by atoms with E-state index in [4.69, 9.17) is 10.5 Å². The molecular formula is C16H17NO. The second kappa shape index (κ2) is 4.05. The van der Waals surface area contributed by atoms with Gasteiger partial charge >= 0.3 is 0 Å². The number of nitrogens with two attached hydrogens (primary N) is 1. The molecule has 0 radical (unpaired) electrons. The average molecular weight is 239 g/mol. The average Bonchev–Trinajstić information content (AvgIpc) is 2.66. The Morgan fingerprint density at radius 3 is 2.72 bits per heavy atom. The van der Waals surface area contributed by atoms with Gasteiger partial charge in [-0.3, -0.25) is 0 Å². The van der Waals surface area contributed by atoms with Crippen LogP contribution in [0.3, 0.4) is 0 Å². The molecule has 0 fully saturated rings. The van der Waals surface area contributed by atoms with E-state index in [0.717, 1.165) is 17.9 Å². The van der Waals surface area contributed by atoms with Crippen LogP contribution in [0.1, 0.15) is 18.1 Å². The highest BCUT2D eigenvalue weighted by molar-refractivity contribution is 5.70. The molecule has 1 unspecified atom stereocenters. The van der Waals surface area contributed by atoms with Gasteiger partial charge in [-0.1, -0.05) is 12.1 Å². The highest BCUT2D eigenvalue weighted by atomic mass is 16.5. The van der Waals surface area contributed by atoms with Gasteiger partial charge in [-0.15, -0.1) is 0 Å². The molecule has 18 heavy (non-hydrogen) atoms. The molecule has 2 heteroatoms. The molecule has 0 aliphatic carbocycles. The van der Waals surface area contributed by atoms with Crippen molar-refractivity contribution in [3.05, 3.63) is 47.5 Å². The van der Waals surface area contributed by atoms with Gasteiger partial charge in [-0.2, -0.15) is 0 Å². The maximum Gasteiger partial charge on any atom is 0.123 e. The third kappa shape index (κ3) is 1.94. The van der Waals surface area contributed by atoms with Gasteiger partial charge in [0, 0.05) is 12.1 Å². The lowest BCUT2D eigenvalue weighted by Gasteiger charge is -2.07. The van der Waals surface area contributed by atoms with E-state index in [0.29, 0.717) is 0 Å². The highest BCUT2D eigenvalue weighted by Crippen LogP contribution is 2.33. The SMILES string of the molecule is Cc1cc(N)cc(-c2ccc3c(c2)CC(C)O3)c1. The van der Waals surface area contributed by atoms with Crippen molar-refractivity contribution in [1.82, 2.24) is 0 Å². The molecule has 2 nitrogen and oxygen atoms in total. The smallest absolute Gasteiger partial charge is 0.123 e. The third-order valence-electron chi connectivity index (χ3n) is 3.33. The lowest BCUT2D eigenvalue weighted by Crippen LogP contribution is -2.05. The molecule has 2 aromatic rings. The van der Waals surface area contributed by atoms with Crippen LogP contribution in [0.15, 0.2) is 36.4 Å². The molecule has 0 saturated heterocycles. The Morgan fingerprint density at radius 1 is 1.11 bits per heavy atom. The van der Waals surface area contributed by atoms with Gasteiger partial charge in [0.25, 0.3) is 0 Å². The van der Waals surface area contributed by atoms with Crippen molar-refractivity contribution >= 4 is 5.69 Å². The summed E-state index contributed by atoms with van der Waals surface area (Å²) in [5, 5.41) is 0. The van der Waals surface area contributed by atoms with Crippen LogP contribution in [-0.2, 0) is 6.42 Å². The maximum absolute atomic E-state index is 5.91. The number of benzene rings is 2. The number of rotatable bonds is 1. The summed E-state index contributed by atoms with van der Waals surface area (Å²) in [6.07, 6.45) is 1.28. The van der Waals surface area contributed by atoms with E-state index in [1.165, 1.54) is 22.3 Å². The number of hydrogen-bond acceptors (Lipinski definition) is 2. The molecule has 1 heterocycles. The first-order valence-electron chi connectivity index (χ1n) is 6.29. The fraction of sp³-hybridized carbons (Fsp3) is 0.250. The first kappa shape index (κ1) is 11.1. The molecule has 1 aliphatic heterocycles. The molecule has 2 aromatic carbocycles. The van der Waals surface area contributed by atoms with Crippen molar-refractivity contribution in [2.75, 3.05) is 5.73 Å². The lowest BCUT2D eigenvalue weighted by molar-refractivity contribution is 0.254. The fourth-order valence-corrected chi connectivity index (χ4v) is 2.58. The van der Waals surface area contributed by atoms with E-state index in [1.54, 1.807) is 0 Å². The van der Waals surface area contributed by atoms with Crippen LogP contribution in [0.2, 0.25) is 0 Å². The molecule has 0 bridgehead atoms. The number of fused-ring (bicyclic) bond motifs is 1. The summed E-state index contributed by atoms with van der Waals surface area (Å²) in [5.74, 6) is 1.02. The van der Waals surface area contributed by atoms with Crippen molar-refractivity contribution in [3.8, 4) is 16.9 Å². The minimum Gasteiger partial charge on any atom is -0.490 e. The number of aryl methyl sites for hydroxylation is 1. The molecule has 3 rings (SSSR count). The Hall–Kier alpha value is -1.96. The van der Waals surface area contributed by atoms with Crippen molar-refractivity contribution in [3.63, 3.8) is 0 Å². The summed E-state index contributed by atoms with van der Waals surface area (Å²) in [6, 6.07) is 12.6. The van der Waals surface area contributed by atoms with E-state index in [2.05, 4.69) is 38.1 Å². The second-order valence-electron chi connectivity index (χ2n) is 5.09. The molecule has 1 atom stereocenters. The first-order chi connectivity index (χ1) is 8.61. The van der Waals surface area contributed by atoms with Gasteiger partial charge in [-0.25, -0.2) is 0 Å². The van der Waals surface area contributed by atoms with Crippen LogP contribution in [0.25, 0.3) is 11.1 Å². The zero-order chi connectivity index (χ0) is 12.7. The van der Waals surface area contributed by atoms with E-state index < -0.39 is 0 Å². The largest absolute Gasteiger partial charge is 0.490 e. The van der Waals surface area contributed by atoms with Gasteiger partial charge in [0.05, 0.1) is 0 Å². The van der Waals surface area contributed by atoms with Gasteiger partial charge in [0.15, 0.2) is 0 Å². The zero-order valence-electron chi connectivity index (χ0n) is 10.7. The minimum atomic E-state index is 0.290. The van der Waals surface area contributed by atoms with Gasteiger partial charge in [0.2, 0.25) is 0 Å². The topological polar surface area (TPSA) is 35.2 Å².